The number of nitrogens with two attached hydrogens (primary N) is 1. The molecule has 0 aromatic rings. The number of carbonyl (C=O) groups excluding carboxylic acids is 3. The molecule has 0 aromatic heterocycles. The van der Waals surface area contributed by atoms with Gasteiger partial charge in [0, 0.05) is 19.6 Å². The average molecular weight is 310 g/mol. The summed E-state index contributed by atoms with van der Waals surface area (Å²) in [6.45, 7) is 5.92. The molecule has 2 heterocycles. The number of hydrogen-bond donors (Lipinski definition) is 1. The number of imide groups is 1. The van der Waals surface area contributed by atoms with E-state index in [1.54, 1.807) is 4.90 Å². The summed E-state index contributed by atoms with van der Waals surface area (Å²) in [5, 5.41) is 0. The highest BCUT2D eigenvalue weighted by Gasteiger charge is 2.57. The standard InChI is InChI=1S/C15H26N4O3/c1-11(2)4-7-19-14(22)18(10-12(16)20)13(21)15(19)5-8-17(3)9-6-15/h11H,4-10H2,1-3H3,(H2,16,20). The van der Waals surface area contributed by atoms with Crippen LogP contribution in [0.5, 0.6) is 0 Å². The Morgan fingerprint density at radius 3 is 2.36 bits per heavy atom. The van der Waals surface area contributed by atoms with Crippen molar-refractivity contribution in [1.29, 1.82) is 0 Å². The van der Waals surface area contributed by atoms with Gasteiger partial charge >= 0.3 is 6.03 Å². The van der Waals surface area contributed by atoms with Crippen molar-refractivity contribution in [3.8, 4) is 0 Å². The zero-order valence-electron chi connectivity index (χ0n) is 13.7. The van der Waals surface area contributed by atoms with Crippen molar-refractivity contribution < 1.29 is 14.4 Å². The van der Waals surface area contributed by atoms with Crippen molar-refractivity contribution in [2.75, 3.05) is 33.2 Å². The van der Waals surface area contributed by atoms with Gasteiger partial charge in [0.15, 0.2) is 0 Å². The zero-order valence-corrected chi connectivity index (χ0v) is 13.7. The van der Waals surface area contributed by atoms with E-state index in [-0.39, 0.29) is 18.5 Å². The van der Waals surface area contributed by atoms with Crippen LogP contribution in [0.1, 0.15) is 33.1 Å². The largest absolute Gasteiger partial charge is 0.368 e. The van der Waals surface area contributed by atoms with Crippen LogP contribution >= 0.6 is 0 Å². The number of carbonyl (C=O) groups is 3. The van der Waals surface area contributed by atoms with Crippen molar-refractivity contribution in [1.82, 2.24) is 14.7 Å². The van der Waals surface area contributed by atoms with Gasteiger partial charge in [0.25, 0.3) is 5.91 Å². The lowest BCUT2D eigenvalue weighted by Gasteiger charge is -2.41. The van der Waals surface area contributed by atoms with Gasteiger partial charge in [0.05, 0.1) is 0 Å². The molecule has 0 unspecified atom stereocenters. The molecule has 1 spiro atoms. The van der Waals surface area contributed by atoms with Crippen LogP contribution in [0.25, 0.3) is 0 Å². The summed E-state index contributed by atoms with van der Waals surface area (Å²) in [5.41, 5.74) is 4.41. The molecule has 0 radical (unpaired) electrons. The van der Waals surface area contributed by atoms with E-state index in [0.29, 0.717) is 25.3 Å². The Kier molecular flexibility index (Phi) is 4.75. The smallest absolute Gasteiger partial charge is 0.328 e. The minimum atomic E-state index is -0.784. The highest BCUT2D eigenvalue weighted by atomic mass is 16.2. The molecule has 124 valence electrons. The van der Waals surface area contributed by atoms with Crippen LogP contribution in [0.3, 0.4) is 0 Å². The lowest BCUT2D eigenvalue weighted by atomic mass is 9.85. The molecule has 0 saturated carbocycles. The molecule has 0 aromatic carbocycles. The zero-order chi connectivity index (χ0) is 16.5. The maximum Gasteiger partial charge on any atom is 0.328 e. The molecule has 2 N–H and O–H groups in total. The Balaban J connectivity index is 2.27. The molecule has 2 rings (SSSR count). The maximum atomic E-state index is 12.8. The van der Waals surface area contributed by atoms with Crippen LogP contribution in [0.2, 0.25) is 0 Å². The average Bonchev–Trinajstić information content (AvgIpc) is 2.62. The molecular formula is C15H26N4O3. The number of primary amides is 1. The molecule has 2 fully saturated rings. The van der Waals surface area contributed by atoms with Gasteiger partial charge in [-0.05, 0) is 32.2 Å². The fourth-order valence-corrected chi connectivity index (χ4v) is 3.25. The first kappa shape index (κ1) is 16.7. The summed E-state index contributed by atoms with van der Waals surface area (Å²) in [6.07, 6.45) is 2.06. The van der Waals surface area contributed by atoms with Gasteiger partial charge < -0.3 is 15.5 Å². The first-order valence-electron chi connectivity index (χ1n) is 7.88. The number of likely N-dealkylation sites (tertiary alicyclic amines) is 1. The van der Waals surface area contributed by atoms with Crippen LogP contribution < -0.4 is 5.73 Å². The summed E-state index contributed by atoms with van der Waals surface area (Å²) in [4.78, 5) is 41.5. The Hall–Kier alpha value is -1.63. The molecular weight excluding hydrogens is 284 g/mol. The summed E-state index contributed by atoms with van der Waals surface area (Å²) in [6, 6.07) is -0.367. The van der Waals surface area contributed by atoms with Gasteiger partial charge in [-0.1, -0.05) is 13.8 Å². The molecule has 2 aliphatic rings. The lowest BCUT2D eigenvalue weighted by molar-refractivity contribution is -0.137. The third-order valence-electron chi connectivity index (χ3n) is 4.68. The van der Waals surface area contributed by atoms with Gasteiger partial charge in [-0.3, -0.25) is 14.5 Å². The molecule has 0 atom stereocenters. The minimum absolute atomic E-state index is 0.256. The van der Waals surface area contributed by atoms with E-state index >= 15 is 0 Å². The highest BCUT2D eigenvalue weighted by Crippen LogP contribution is 2.37. The van der Waals surface area contributed by atoms with E-state index in [2.05, 4.69) is 18.7 Å². The normalized spacial score (nSPS) is 22.2. The molecule has 2 aliphatic heterocycles. The first-order chi connectivity index (χ1) is 10.3. The molecule has 7 heteroatoms. The van der Waals surface area contributed by atoms with Crippen molar-refractivity contribution in [3.05, 3.63) is 0 Å². The highest BCUT2D eigenvalue weighted by molar-refractivity contribution is 6.09. The lowest BCUT2D eigenvalue weighted by Crippen LogP contribution is -2.56. The van der Waals surface area contributed by atoms with E-state index in [9.17, 15) is 14.4 Å². The summed E-state index contributed by atoms with van der Waals surface area (Å²) in [7, 11) is 2.01. The maximum absolute atomic E-state index is 12.8. The van der Waals surface area contributed by atoms with Gasteiger partial charge in [0.2, 0.25) is 5.91 Å². The quantitative estimate of drug-likeness (QED) is 0.737. The fraction of sp³-hybridized carbons (Fsp3) is 0.800. The predicted octanol–water partition coefficient (Wildman–Crippen LogP) is 0.246. The summed E-state index contributed by atoms with van der Waals surface area (Å²) < 4.78 is 0. The molecule has 0 aliphatic carbocycles. The monoisotopic (exact) mass is 310 g/mol. The molecule has 4 amide bonds. The molecule has 22 heavy (non-hydrogen) atoms. The van der Waals surface area contributed by atoms with Crippen LogP contribution in [0.4, 0.5) is 4.79 Å². The second-order valence-corrected chi connectivity index (χ2v) is 6.81. The fourth-order valence-electron chi connectivity index (χ4n) is 3.25. The Morgan fingerprint density at radius 2 is 1.86 bits per heavy atom. The van der Waals surface area contributed by atoms with E-state index < -0.39 is 11.4 Å². The van der Waals surface area contributed by atoms with Crippen molar-refractivity contribution in [3.63, 3.8) is 0 Å². The molecule has 7 nitrogen and oxygen atoms in total. The van der Waals surface area contributed by atoms with Crippen molar-refractivity contribution in [2.45, 2.75) is 38.6 Å². The predicted molar refractivity (Wildman–Crippen MR) is 81.9 cm³/mol. The summed E-state index contributed by atoms with van der Waals surface area (Å²) >= 11 is 0. The topological polar surface area (TPSA) is 87.0 Å². The SMILES string of the molecule is CC(C)CCN1C(=O)N(CC(N)=O)C(=O)C12CCN(C)CC2. The Morgan fingerprint density at radius 1 is 1.27 bits per heavy atom. The van der Waals surface area contributed by atoms with Crippen LogP contribution in [-0.4, -0.2) is 71.3 Å². The van der Waals surface area contributed by atoms with Crippen molar-refractivity contribution in [2.24, 2.45) is 11.7 Å². The number of urea groups is 1. The second kappa shape index (κ2) is 6.24. The van der Waals surface area contributed by atoms with E-state index in [0.717, 1.165) is 24.4 Å². The van der Waals surface area contributed by atoms with Crippen LogP contribution in [0.15, 0.2) is 0 Å². The molecule has 2 saturated heterocycles. The van der Waals surface area contributed by atoms with Gasteiger partial charge in [-0.2, -0.15) is 0 Å². The van der Waals surface area contributed by atoms with Crippen molar-refractivity contribution >= 4 is 17.8 Å². The number of piperidine rings is 1. The first-order valence-corrected chi connectivity index (χ1v) is 7.88. The van der Waals surface area contributed by atoms with E-state index in [4.69, 9.17) is 5.73 Å². The van der Waals surface area contributed by atoms with Gasteiger partial charge in [0.1, 0.15) is 12.1 Å². The number of rotatable bonds is 5. The number of hydrogen-bond acceptors (Lipinski definition) is 4. The van der Waals surface area contributed by atoms with Crippen LogP contribution in [-0.2, 0) is 9.59 Å². The molecule has 0 bridgehead atoms. The van der Waals surface area contributed by atoms with E-state index in [1.807, 2.05) is 7.05 Å². The summed E-state index contributed by atoms with van der Waals surface area (Å²) in [5.74, 6) is -0.472. The van der Waals surface area contributed by atoms with Gasteiger partial charge in [-0.25, -0.2) is 4.79 Å². The number of nitrogens with zero attached hydrogens (tertiary/aromatic N) is 3. The van der Waals surface area contributed by atoms with E-state index in [1.165, 1.54) is 0 Å². The number of amides is 4. The Bertz CT molecular complexity index is 469. The van der Waals surface area contributed by atoms with Gasteiger partial charge in [-0.15, -0.1) is 0 Å². The second-order valence-electron chi connectivity index (χ2n) is 6.81. The third kappa shape index (κ3) is 2.95. The minimum Gasteiger partial charge on any atom is -0.368 e. The Labute approximate surface area is 131 Å². The van der Waals surface area contributed by atoms with Crippen LogP contribution in [0, 0.1) is 5.92 Å². The third-order valence-corrected chi connectivity index (χ3v) is 4.68.